The Morgan fingerprint density at radius 3 is 2.47 bits per heavy atom. The van der Waals surface area contributed by atoms with Gasteiger partial charge < -0.3 is 25.4 Å². The molecule has 2 aromatic rings. The summed E-state index contributed by atoms with van der Waals surface area (Å²) < 4.78 is 10.6. The van der Waals surface area contributed by atoms with E-state index >= 15 is 0 Å². The molecule has 0 spiro atoms. The molecule has 0 saturated heterocycles. The van der Waals surface area contributed by atoms with Crippen LogP contribution in [0.15, 0.2) is 48.5 Å². The predicted molar refractivity (Wildman–Crippen MR) is 119 cm³/mol. The third-order valence-electron chi connectivity index (χ3n) is 4.27. The average Bonchev–Trinajstić information content (AvgIpc) is 2.73. The molecule has 0 aromatic heterocycles. The molecule has 2 rings (SSSR count). The number of carbonyl (C=O) groups excluding carboxylic acids is 2. The Hall–Kier alpha value is -3.06. The number of methoxy groups -OCH3 is 1. The van der Waals surface area contributed by atoms with Gasteiger partial charge in [0.25, 0.3) is 5.91 Å². The topological polar surface area (TPSA) is 88.7 Å². The van der Waals surface area contributed by atoms with Crippen LogP contribution in [0.1, 0.15) is 30.6 Å². The molecule has 7 nitrogen and oxygen atoms in total. The van der Waals surface area contributed by atoms with Crippen molar-refractivity contribution in [1.82, 2.24) is 5.32 Å². The van der Waals surface area contributed by atoms with Crippen LogP contribution in [0.2, 0.25) is 0 Å². The van der Waals surface area contributed by atoms with Gasteiger partial charge in [-0.15, -0.1) is 0 Å². The summed E-state index contributed by atoms with van der Waals surface area (Å²) in [6, 6.07) is 14.3. The van der Waals surface area contributed by atoms with Gasteiger partial charge in [-0.2, -0.15) is 0 Å². The zero-order valence-corrected chi connectivity index (χ0v) is 17.9. The third kappa shape index (κ3) is 8.53. The number of benzene rings is 2. The van der Waals surface area contributed by atoms with Crippen LogP contribution in [0, 0.1) is 5.92 Å². The summed E-state index contributed by atoms with van der Waals surface area (Å²) >= 11 is 0. The molecule has 0 radical (unpaired) electrons. The highest BCUT2D eigenvalue weighted by molar-refractivity contribution is 5.95. The standard InChI is InChI=1S/C23H31N3O4/c1-17(2)11-13-30-21-6-4-5-20(15-21)26-22(27)16-25-19-9-7-18(8-10-19)23(28)24-12-14-29-3/h4-10,15,17,25H,11-14,16H2,1-3H3,(H,24,28)(H,26,27). The van der Waals surface area contributed by atoms with E-state index < -0.39 is 0 Å². The minimum Gasteiger partial charge on any atom is -0.494 e. The Kier molecular flexibility index (Phi) is 9.67. The minimum absolute atomic E-state index is 0.109. The molecule has 30 heavy (non-hydrogen) atoms. The molecular formula is C23H31N3O4. The van der Waals surface area contributed by atoms with Crippen molar-refractivity contribution < 1.29 is 19.1 Å². The number of hydrogen-bond donors (Lipinski definition) is 3. The molecule has 162 valence electrons. The number of carbonyl (C=O) groups is 2. The first-order valence-corrected chi connectivity index (χ1v) is 10.1. The van der Waals surface area contributed by atoms with E-state index in [1.54, 1.807) is 31.4 Å². The van der Waals surface area contributed by atoms with E-state index in [9.17, 15) is 9.59 Å². The van der Waals surface area contributed by atoms with Crippen molar-refractivity contribution in [3.63, 3.8) is 0 Å². The lowest BCUT2D eigenvalue weighted by Gasteiger charge is -2.11. The van der Waals surface area contributed by atoms with Crippen LogP contribution in [-0.2, 0) is 9.53 Å². The summed E-state index contributed by atoms with van der Waals surface area (Å²) in [5.41, 5.74) is 1.99. The smallest absolute Gasteiger partial charge is 0.251 e. The van der Waals surface area contributed by atoms with Gasteiger partial charge in [-0.3, -0.25) is 9.59 Å². The van der Waals surface area contributed by atoms with Crippen molar-refractivity contribution in [3.8, 4) is 5.75 Å². The highest BCUT2D eigenvalue weighted by atomic mass is 16.5. The van der Waals surface area contributed by atoms with Gasteiger partial charge in [0.1, 0.15) is 5.75 Å². The minimum atomic E-state index is -0.171. The van der Waals surface area contributed by atoms with E-state index in [4.69, 9.17) is 9.47 Å². The average molecular weight is 414 g/mol. The Morgan fingerprint density at radius 1 is 1.00 bits per heavy atom. The summed E-state index contributed by atoms with van der Waals surface area (Å²) in [5, 5.41) is 8.66. The summed E-state index contributed by atoms with van der Waals surface area (Å²) in [7, 11) is 1.58. The highest BCUT2D eigenvalue weighted by Crippen LogP contribution is 2.18. The van der Waals surface area contributed by atoms with Crippen molar-refractivity contribution in [2.75, 3.05) is 44.0 Å². The van der Waals surface area contributed by atoms with Crippen LogP contribution in [0.4, 0.5) is 11.4 Å². The van der Waals surface area contributed by atoms with Crippen molar-refractivity contribution in [2.24, 2.45) is 5.92 Å². The van der Waals surface area contributed by atoms with Gasteiger partial charge in [-0.05, 0) is 48.7 Å². The van der Waals surface area contributed by atoms with Crippen molar-refractivity contribution >= 4 is 23.2 Å². The van der Waals surface area contributed by atoms with Crippen molar-refractivity contribution in [2.45, 2.75) is 20.3 Å². The zero-order valence-electron chi connectivity index (χ0n) is 17.9. The number of rotatable bonds is 12. The summed E-state index contributed by atoms with van der Waals surface area (Å²) in [6.07, 6.45) is 0.980. The van der Waals surface area contributed by atoms with E-state index in [0.717, 1.165) is 17.9 Å². The second kappa shape index (κ2) is 12.5. The first-order chi connectivity index (χ1) is 14.5. The Balaban J connectivity index is 1.78. The molecule has 2 amide bonds. The maximum Gasteiger partial charge on any atom is 0.251 e. The van der Waals surface area contributed by atoms with Gasteiger partial charge >= 0.3 is 0 Å². The Labute approximate surface area is 178 Å². The van der Waals surface area contributed by atoms with E-state index in [1.807, 2.05) is 24.3 Å². The van der Waals surface area contributed by atoms with E-state index in [0.29, 0.717) is 36.9 Å². The van der Waals surface area contributed by atoms with Gasteiger partial charge in [0.05, 0.1) is 19.8 Å². The van der Waals surface area contributed by atoms with E-state index in [-0.39, 0.29) is 18.4 Å². The summed E-state index contributed by atoms with van der Waals surface area (Å²) in [5.74, 6) is 0.987. The number of ether oxygens (including phenoxy) is 2. The SMILES string of the molecule is COCCNC(=O)c1ccc(NCC(=O)Nc2cccc(OCCC(C)C)c2)cc1. The molecule has 7 heteroatoms. The quantitative estimate of drug-likeness (QED) is 0.463. The fraction of sp³-hybridized carbons (Fsp3) is 0.391. The first kappa shape index (κ1) is 23.2. The number of hydrogen-bond acceptors (Lipinski definition) is 5. The highest BCUT2D eigenvalue weighted by Gasteiger charge is 2.07. The zero-order chi connectivity index (χ0) is 21.8. The second-order valence-corrected chi connectivity index (χ2v) is 7.29. The molecule has 0 aliphatic carbocycles. The number of nitrogens with one attached hydrogen (secondary N) is 3. The lowest BCUT2D eigenvalue weighted by atomic mass is 10.1. The molecule has 0 bridgehead atoms. The third-order valence-corrected chi connectivity index (χ3v) is 4.27. The van der Waals surface area contributed by atoms with E-state index in [1.165, 1.54) is 0 Å². The molecule has 0 unspecified atom stereocenters. The first-order valence-electron chi connectivity index (χ1n) is 10.1. The Morgan fingerprint density at radius 2 is 1.77 bits per heavy atom. The van der Waals surface area contributed by atoms with Crippen LogP contribution in [0.3, 0.4) is 0 Å². The molecule has 0 heterocycles. The van der Waals surface area contributed by atoms with Gasteiger partial charge in [0.2, 0.25) is 5.91 Å². The van der Waals surface area contributed by atoms with Gasteiger partial charge in [-0.25, -0.2) is 0 Å². The molecule has 0 fully saturated rings. The Bertz CT molecular complexity index is 806. The maximum atomic E-state index is 12.2. The van der Waals surface area contributed by atoms with Crippen LogP contribution in [0.5, 0.6) is 5.75 Å². The van der Waals surface area contributed by atoms with Crippen molar-refractivity contribution in [3.05, 3.63) is 54.1 Å². The normalized spacial score (nSPS) is 10.5. The monoisotopic (exact) mass is 413 g/mol. The van der Waals surface area contributed by atoms with Crippen LogP contribution < -0.4 is 20.7 Å². The fourth-order valence-electron chi connectivity index (χ4n) is 2.57. The van der Waals surface area contributed by atoms with Crippen molar-refractivity contribution in [1.29, 1.82) is 0 Å². The van der Waals surface area contributed by atoms with Crippen LogP contribution >= 0.6 is 0 Å². The molecule has 0 aliphatic rings. The van der Waals surface area contributed by atoms with E-state index in [2.05, 4.69) is 29.8 Å². The van der Waals surface area contributed by atoms with Gasteiger partial charge in [0.15, 0.2) is 0 Å². The lowest BCUT2D eigenvalue weighted by Crippen LogP contribution is -2.26. The fourth-order valence-corrected chi connectivity index (χ4v) is 2.57. The molecule has 3 N–H and O–H groups in total. The molecule has 0 saturated carbocycles. The molecule has 0 aliphatic heterocycles. The molecule has 2 aromatic carbocycles. The molecular weight excluding hydrogens is 382 g/mol. The van der Waals surface area contributed by atoms with Crippen LogP contribution in [0.25, 0.3) is 0 Å². The van der Waals surface area contributed by atoms with Crippen LogP contribution in [-0.4, -0.2) is 45.2 Å². The predicted octanol–water partition coefficient (Wildman–Crippen LogP) is 3.54. The largest absolute Gasteiger partial charge is 0.494 e. The molecule has 0 atom stereocenters. The lowest BCUT2D eigenvalue weighted by molar-refractivity contribution is -0.114. The maximum absolute atomic E-state index is 12.2. The van der Waals surface area contributed by atoms with Gasteiger partial charge in [0, 0.05) is 36.7 Å². The number of anilines is 2. The summed E-state index contributed by atoms with van der Waals surface area (Å²) in [4.78, 5) is 24.2. The van der Waals surface area contributed by atoms with Gasteiger partial charge in [-0.1, -0.05) is 19.9 Å². The number of amides is 2. The summed E-state index contributed by atoms with van der Waals surface area (Å²) in [6.45, 7) is 5.98. The second-order valence-electron chi connectivity index (χ2n) is 7.29.